The van der Waals surface area contributed by atoms with E-state index in [1.54, 1.807) is 0 Å². The van der Waals surface area contributed by atoms with Crippen LogP contribution in [0.4, 0.5) is 0 Å². The zero-order valence-corrected chi connectivity index (χ0v) is 11.1. The quantitative estimate of drug-likeness (QED) is 0.849. The largest absolute Gasteiger partial charge is 0.377 e. The van der Waals surface area contributed by atoms with E-state index >= 15 is 0 Å². The molecule has 0 spiro atoms. The van der Waals surface area contributed by atoms with Gasteiger partial charge in [0.15, 0.2) is 0 Å². The number of hydrogen-bond acceptors (Lipinski definition) is 3. The first-order chi connectivity index (χ1) is 7.74. The minimum Gasteiger partial charge on any atom is -0.377 e. The maximum Gasteiger partial charge on any atom is 0.0702 e. The predicted octanol–water partition coefficient (Wildman–Crippen LogP) is 2.45. The molecular weight excluding hydrogens is 268 g/mol. The first-order valence-electron chi connectivity index (χ1n) is 5.64. The van der Waals surface area contributed by atoms with Gasteiger partial charge in [-0.1, -0.05) is 0 Å². The fourth-order valence-electron chi connectivity index (χ4n) is 1.98. The summed E-state index contributed by atoms with van der Waals surface area (Å²) in [6, 6.07) is 4.08. The number of pyridine rings is 1. The standard InChI is InChI=1S/C12H17BrN2O/c1-15(9-12-3-2-6-16-12)8-11-5-4-10(13)7-14-11/h4-5,7,12H,2-3,6,8-9H2,1H3. The number of likely N-dealkylation sites (N-methyl/N-ethyl adjacent to an activating group) is 1. The van der Waals surface area contributed by atoms with Gasteiger partial charge in [0.05, 0.1) is 11.8 Å². The van der Waals surface area contributed by atoms with Crippen molar-refractivity contribution < 1.29 is 4.74 Å². The highest BCUT2D eigenvalue weighted by molar-refractivity contribution is 9.10. The van der Waals surface area contributed by atoms with E-state index in [2.05, 4.69) is 38.9 Å². The number of aromatic nitrogens is 1. The van der Waals surface area contributed by atoms with Crippen LogP contribution in [0.3, 0.4) is 0 Å². The molecule has 2 rings (SSSR count). The molecule has 0 radical (unpaired) electrons. The van der Waals surface area contributed by atoms with Crippen molar-refractivity contribution in [2.24, 2.45) is 0 Å². The third kappa shape index (κ3) is 3.54. The molecule has 4 heteroatoms. The van der Waals surface area contributed by atoms with E-state index in [0.717, 1.165) is 29.9 Å². The van der Waals surface area contributed by atoms with E-state index < -0.39 is 0 Å². The molecule has 1 fully saturated rings. The number of nitrogens with zero attached hydrogens (tertiary/aromatic N) is 2. The molecule has 0 N–H and O–H groups in total. The van der Waals surface area contributed by atoms with Gasteiger partial charge < -0.3 is 4.74 Å². The molecule has 0 amide bonds. The lowest BCUT2D eigenvalue weighted by molar-refractivity contribution is 0.0790. The van der Waals surface area contributed by atoms with Crippen LogP contribution in [-0.2, 0) is 11.3 Å². The number of hydrogen-bond donors (Lipinski definition) is 0. The number of halogens is 1. The van der Waals surface area contributed by atoms with Crippen LogP contribution in [0.2, 0.25) is 0 Å². The van der Waals surface area contributed by atoms with Gasteiger partial charge in [-0.2, -0.15) is 0 Å². The summed E-state index contributed by atoms with van der Waals surface area (Å²) >= 11 is 3.39. The van der Waals surface area contributed by atoms with Gasteiger partial charge in [-0.15, -0.1) is 0 Å². The molecule has 16 heavy (non-hydrogen) atoms. The van der Waals surface area contributed by atoms with Crippen molar-refractivity contribution in [3.8, 4) is 0 Å². The minimum atomic E-state index is 0.417. The van der Waals surface area contributed by atoms with Crippen LogP contribution < -0.4 is 0 Å². The van der Waals surface area contributed by atoms with E-state index in [0.29, 0.717) is 6.10 Å². The highest BCUT2D eigenvalue weighted by Crippen LogP contribution is 2.14. The van der Waals surface area contributed by atoms with Gasteiger partial charge in [-0.25, -0.2) is 0 Å². The molecule has 1 unspecified atom stereocenters. The van der Waals surface area contributed by atoms with Gasteiger partial charge in [-0.3, -0.25) is 9.88 Å². The minimum absolute atomic E-state index is 0.417. The fourth-order valence-corrected chi connectivity index (χ4v) is 2.21. The van der Waals surface area contributed by atoms with Crippen molar-refractivity contribution in [2.75, 3.05) is 20.2 Å². The third-order valence-corrected chi connectivity index (χ3v) is 3.23. The summed E-state index contributed by atoms with van der Waals surface area (Å²) in [5.41, 5.74) is 1.10. The maximum atomic E-state index is 5.61. The summed E-state index contributed by atoms with van der Waals surface area (Å²) in [5.74, 6) is 0. The molecule has 2 heterocycles. The molecule has 0 saturated carbocycles. The van der Waals surface area contributed by atoms with Gasteiger partial charge in [0.25, 0.3) is 0 Å². The van der Waals surface area contributed by atoms with Crippen molar-refractivity contribution in [3.05, 3.63) is 28.5 Å². The van der Waals surface area contributed by atoms with Gasteiger partial charge in [-0.05, 0) is 48.0 Å². The first kappa shape index (κ1) is 12.0. The summed E-state index contributed by atoms with van der Waals surface area (Å²) in [5, 5.41) is 0. The zero-order valence-electron chi connectivity index (χ0n) is 9.53. The van der Waals surface area contributed by atoms with E-state index in [4.69, 9.17) is 4.74 Å². The van der Waals surface area contributed by atoms with Crippen LogP contribution in [-0.4, -0.2) is 36.2 Å². The molecule has 1 aromatic rings. The molecule has 1 saturated heterocycles. The molecule has 0 bridgehead atoms. The Morgan fingerprint density at radius 3 is 3.06 bits per heavy atom. The van der Waals surface area contributed by atoms with Gasteiger partial charge in [0.1, 0.15) is 0 Å². The van der Waals surface area contributed by atoms with E-state index in [1.807, 2.05) is 12.3 Å². The topological polar surface area (TPSA) is 25.4 Å². The second kappa shape index (κ2) is 5.75. The molecule has 3 nitrogen and oxygen atoms in total. The Morgan fingerprint density at radius 1 is 1.56 bits per heavy atom. The second-order valence-electron chi connectivity index (χ2n) is 4.30. The summed E-state index contributed by atoms with van der Waals surface area (Å²) in [4.78, 5) is 6.63. The number of ether oxygens (including phenoxy) is 1. The smallest absolute Gasteiger partial charge is 0.0702 e. The molecule has 1 aliphatic heterocycles. The Kier molecular flexibility index (Phi) is 4.32. The Morgan fingerprint density at radius 2 is 2.44 bits per heavy atom. The van der Waals surface area contributed by atoms with Crippen molar-refractivity contribution >= 4 is 15.9 Å². The van der Waals surface area contributed by atoms with Crippen LogP contribution in [0.5, 0.6) is 0 Å². The monoisotopic (exact) mass is 284 g/mol. The first-order valence-corrected chi connectivity index (χ1v) is 6.44. The Labute approximate surface area is 105 Å². The predicted molar refractivity (Wildman–Crippen MR) is 67.2 cm³/mol. The van der Waals surface area contributed by atoms with Crippen LogP contribution >= 0.6 is 15.9 Å². The molecule has 1 atom stereocenters. The van der Waals surface area contributed by atoms with Crippen LogP contribution in [0.15, 0.2) is 22.8 Å². The molecule has 1 aliphatic rings. The highest BCUT2D eigenvalue weighted by atomic mass is 79.9. The lowest BCUT2D eigenvalue weighted by Gasteiger charge is -2.19. The van der Waals surface area contributed by atoms with E-state index in [9.17, 15) is 0 Å². The molecule has 88 valence electrons. The molecule has 0 aromatic carbocycles. The van der Waals surface area contributed by atoms with Crippen molar-refractivity contribution in [3.63, 3.8) is 0 Å². The average molecular weight is 285 g/mol. The third-order valence-electron chi connectivity index (χ3n) is 2.76. The molecule has 0 aliphatic carbocycles. The van der Waals surface area contributed by atoms with Crippen molar-refractivity contribution in [1.29, 1.82) is 0 Å². The Bertz CT molecular complexity index is 322. The maximum absolute atomic E-state index is 5.61. The van der Waals surface area contributed by atoms with Crippen LogP contribution in [0.25, 0.3) is 0 Å². The molecular formula is C12H17BrN2O. The summed E-state index contributed by atoms with van der Waals surface area (Å²) in [6.07, 6.45) is 4.66. The summed E-state index contributed by atoms with van der Waals surface area (Å²) in [7, 11) is 2.12. The van der Waals surface area contributed by atoms with Crippen LogP contribution in [0.1, 0.15) is 18.5 Å². The second-order valence-corrected chi connectivity index (χ2v) is 5.22. The van der Waals surface area contributed by atoms with Crippen LogP contribution in [0, 0.1) is 0 Å². The summed E-state index contributed by atoms with van der Waals surface area (Å²) in [6.45, 7) is 2.81. The van der Waals surface area contributed by atoms with Gasteiger partial charge in [0.2, 0.25) is 0 Å². The lowest BCUT2D eigenvalue weighted by Crippen LogP contribution is -2.28. The lowest BCUT2D eigenvalue weighted by atomic mass is 10.2. The Hall–Kier alpha value is -0.450. The van der Waals surface area contributed by atoms with Gasteiger partial charge >= 0.3 is 0 Å². The van der Waals surface area contributed by atoms with Gasteiger partial charge in [0, 0.05) is 30.4 Å². The molecule has 1 aromatic heterocycles. The fraction of sp³-hybridized carbons (Fsp3) is 0.583. The SMILES string of the molecule is CN(Cc1ccc(Br)cn1)CC1CCCO1. The normalized spacial score (nSPS) is 20.6. The average Bonchev–Trinajstić information content (AvgIpc) is 2.74. The number of rotatable bonds is 4. The van der Waals surface area contributed by atoms with Crippen molar-refractivity contribution in [1.82, 2.24) is 9.88 Å². The Balaban J connectivity index is 1.81. The van der Waals surface area contributed by atoms with E-state index in [1.165, 1.54) is 12.8 Å². The van der Waals surface area contributed by atoms with E-state index in [-0.39, 0.29) is 0 Å². The van der Waals surface area contributed by atoms with Crippen molar-refractivity contribution in [2.45, 2.75) is 25.5 Å². The summed E-state index contributed by atoms with van der Waals surface area (Å²) < 4.78 is 6.64. The zero-order chi connectivity index (χ0) is 11.4. The highest BCUT2D eigenvalue weighted by Gasteiger charge is 2.17.